The van der Waals surface area contributed by atoms with Crippen molar-refractivity contribution in [3.63, 3.8) is 0 Å². The molecular formula is C30H29F3N6O2. The Bertz CT molecular complexity index is 1540. The number of halogens is 3. The molecule has 1 aliphatic rings. The lowest BCUT2D eigenvalue weighted by Crippen LogP contribution is -2.34. The molecule has 1 amide bonds. The highest BCUT2D eigenvalue weighted by Gasteiger charge is 2.29. The second kappa shape index (κ2) is 12.8. The first-order valence-corrected chi connectivity index (χ1v) is 13.2. The van der Waals surface area contributed by atoms with Crippen LogP contribution in [0.2, 0.25) is 0 Å². The Morgan fingerprint density at radius 1 is 1.05 bits per heavy atom. The van der Waals surface area contributed by atoms with Crippen LogP contribution in [0.3, 0.4) is 0 Å². The van der Waals surface area contributed by atoms with Crippen molar-refractivity contribution in [3.05, 3.63) is 84.1 Å². The van der Waals surface area contributed by atoms with Crippen LogP contribution in [0.4, 0.5) is 24.5 Å². The molecule has 3 N–H and O–H groups in total. The Balaban J connectivity index is 1.24. The molecule has 0 bridgehead atoms. The van der Waals surface area contributed by atoms with Crippen LogP contribution >= 0.6 is 0 Å². The second-order valence-corrected chi connectivity index (χ2v) is 9.67. The first kappa shape index (κ1) is 28.1. The molecule has 41 heavy (non-hydrogen) atoms. The monoisotopic (exact) mass is 562 g/mol. The quantitative estimate of drug-likeness (QED) is 0.263. The number of carbonyl (C=O) groups is 1. The van der Waals surface area contributed by atoms with Crippen LogP contribution in [0.1, 0.15) is 34.6 Å². The SMILES string of the molecule is O=C(Nc1ccncc1)c1ccc(NCC#Cc2cc3cc(CNC4CCOCC4)ccc3n2CC(F)(F)F)cn1. The highest BCUT2D eigenvalue weighted by Crippen LogP contribution is 2.26. The van der Waals surface area contributed by atoms with E-state index in [0.29, 0.717) is 34.9 Å². The predicted molar refractivity (Wildman–Crippen MR) is 150 cm³/mol. The zero-order chi connectivity index (χ0) is 28.7. The van der Waals surface area contributed by atoms with Gasteiger partial charge in [-0.25, -0.2) is 4.98 Å². The molecule has 0 atom stereocenters. The van der Waals surface area contributed by atoms with E-state index in [1.807, 2.05) is 12.1 Å². The summed E-state index contributed by atoms with van der Waals surface area (Å²) in [4.78, 5) is 20.4. The second-order valence-electron chi connectivity index (χ2n) is 9.67. The number of aromatic nitrogens is 3. The number of hydrogen-bond acceptors (Lipinski definition) is 6. The molecular weight excluding hydrogens is 533 g/mol. The summed E-state index contributed by atoms with van der Waals surface area (Å²) in [6.07, 6.45) is 2.15. The summed E-state index contributed by atoms with van der Waals surface area (Å²) in [5.41, 5.74) is 3.23. The average molecular weight is 563 g/mol. The molecule has 5 rings (SSSR count). The van der Waals surface area contributed by atoms with Gasteiger partial charge in [-0.1, -0.05) is 12.0 Å². The number of hydrogen-bond donors (Lipinski definition) is 3. The average Bonchev–Trinajstić information content (AvgIpc) is 3.30. The maximum absolute atomic E-state index is 13.4. The van der Waals surface area contributed by atoms with Crippen molar-refractivity contribution in [1.29, 1.82) is 0 Å². The summed E-state index contributed by atoms with van der Waals surface area (Å²) in [6.45, 7) is 1.16. The molecule has 0 aliphatic carbocycles. The van der Waals surface area contributed by atoms with E-state index in [-0.39, 0.29) is 23.8 Å². The minimum Gasteiger partial charge on any atom is -0.381 e. The molecule has 4 aromatic rings. The highest BCUT2D eigenvalue weighted by molar-refractivity contribution is 6.02. The molecule has 0 radical (unpaired) electrons. The fourth-order valence-electron chi connectivity index (χ4n) is 4.59. The lowest BCUT2D eigenvalue weighted by Gasteiger charge is -2.23. The van der Waals surface area contributed by atoms with Gasteiger partial charge in [-0.2, -0.15) is 13.2 Å². The van der Waals surface area contributed by atoms with Gasteiger partial charge >= 0.3 is 6.18 Å². The third kappa shape index (κ3) is 7.84. The first-order valence-electron chi connectivity index (χ1n) is 13.2. The number of carbonyl (C=O) groups excluding carboxylic acids is 1. The van der Waals surface area contributed by atoms with E-state index in [4.69, 9.17) is 4.74 Å². The zero-order valence-electron chi connectivity index (χ0n) is 22.2. The topological polar surface area (TPSA) is 93.1 Å². The van der Waals surface area contributed by atoms with Gasteiger partial charge in [0.1, 0.15) is 12.2 Å². The molecule has 1 aromatic carbocycles. The Kier molecular flexibility index (Phi) is 8.82. The zero-order valence-corrected chi connectivity index (χ0v) is 22.2. The third-order valence-corrected chi connectivity index (χ3v) is 6.65. The molecule has 0 saturated carbocycles. The number of nitrogens with one attached hydrogen (secondary N) is 3. The molecule has 3 aromatic heterocycles. The molecule has 4 heterocycles. The lowest BCUT2D eigenvalue weighted by atomic mass is 10.1. The van der Waals surface area contributed by atoms with Crippen molar-refractivity contribution in [1.82, 2.24) is 19.9 Å². The molecule has 1 aliphatic heterocycles. The number of nitrogens with zero attached hydrogens (tertiary/aromatic N) is 3. The van der Waals surface area contributed by atoms with Crippen LogP contribution in [-0.2, 0) is 17.8 Å². The van der Waals surface area contributed by atoms with E-state index in [2.05, 4.69) is 37.8 Å². The van der Waals surface area contributed by atoms with Crippen molar-refractivity contribution in [3.8, 4) is 11.8 Å². The van der Waals surface area contributed by atoms with Gasteiger partial charge < -0.3 is 25.3 Å². The van der Waals surface area contributed by atoms with Gasteiger partial charge in [0.05, 0.1) is 24.1 Å². The van der Waals surface area contributed by atoms with Crippen molar-refractivity contribution >= 4 is 28.2 Å². The van der Waals surface area contributed by atoms with Gasteiger partial charge in [0.25, 0.3) is 5.91 Å². The van der Waals surface area contributed by atoms with Crippen LogP contribution < -0.4 is 16.0 Å². The van der Waals surface area contributed by atoms with Crippen LogP contribution in [0.15, 0.2) is 67.1 Å². The standard InChI is InChI=1S/C30H29F3N6O2/c31-30(32,33)20-39-26(17-22-16-21(3-6-28(22)39)18-36-23-9-14-41-15-10-23)2-1-11-35-25-4-5-27(37-19-25)29(40)38-24-7-12-34-13-8-24/h3-8,12-13,16-17,19,23,35-36H,9-11,14-15,18,20H2,(H,34,38,40). The number of alkyl halides is 3. The van der Waals surface area contributed by atoms with E-state index >= 15 is 0 Å². The van der Waals surface area contributed by atoms with Crippen molar-refractivity contribution in [2.45, 2.75) is 38.1 Å². The molecule has 212 valence electrons. The van der Waals surface area contributed by atoms with Gasteiger partial charge in [-0.3, -0.25) is 9.78 Å². The molecule has 8 nitrogen and oxygen atoms in total. The fraction of sp³-hybridized carbons (Fsp3) is 0.300. The van der Waals surface area contributed by atoms with Crippen molar-refractivity contribution in [2.75, 3.05) is 30.4 Å². The predicted octanol–water partition coefficient (Wildman–Crippen LogP) is 4.98. The molecule has 11 heteroatoms. The summed E-state index contributed by atoms with van der Waals surface area (Å²) in [6, 6.07) is 14.2. The molecule has 1 saturated heterocycles. The summed E-state index contributed by atoms with van der Waals surface area (Å²) < 4.78 is 46.8. The number of ether oxygens (including phenoxy) is 1. The molecule has 0 unspecified atom stereocenters. The highest BCUT2D eigenvalue weighted by atomic mass is 19.4. The van der Waals surface area contributed by atoms with Crippen LogP contribution in [-0.4, -0.2) is 52.4 Å². The Labute approximate surface area is 235 Å². The number of fused-ring (bicyclic) bond motifs is 1. The minimum absolute atomic E-state index is 0.179. The third-order valence-electron chi connectivity index (χ3n) is 6.65. The summed E-state index contributed by atoms with van der Waals surface area (Å²) in [5.74, 6) is 5.43. The van der Waals surface area contributed by atoms with E-state index in [1.165, 1.54) is 10.8 Å². The van der Waals surface area contributed by atoms with Crippen molar-refractivity contribution < 1.29 is 22.7 Å². The van der Waals surface area contributed by atoms with E-state index < -0.39 is 12.7 Å². The van der Waals surface area contributed by atoms with Crippen molar-refractivity contribution in [2.24, 2.45) is 0 Å². The first-order chi connectivity index (χ1) is 19.8. The normalized spacial score (nSPS) is 13.9. The van der Waals surface area contributed by atoms with E-state index in [0.717, 1.165) is 31.6 Å². The smallest absolute Gasteiger partial charge is 0.381 e. The van der Waals surface area contributed by atoms with E-state index in [1.54, 1.807) is 48.8 Å². The van der Waals surface area contributed by atoms with Crippen LogP contribution in [0.25, 0.3) is 10.9 Å². The van der Waals surface area contributed by atoms with Gasteiger partial charge in [0.2, 0.25) is 0 Å². The van der Waals surface area contributed by atoms with Gasteiger partial charge in [-0.15, -0.1) is 0 Å². The van der Waals surface area contributed by atoms with Gasteiger partial charge in [0.15, 0.2) is 0 Å². The Morgan fingerprint density at radius 2 is 1.85 bits per heavy atom. The Morgan fingerprint density at radius 3 is 2.59 bits per heavy atom. The number of rotatable bonds is 8. The number of anilines is 2. The minimum atomic E-state index is -4.39. The molecule has 0 spiro atoms. The fourth-order valence-corrected chi connectivity index (χ4v) is 4.59. The van der Waals surface area contributed by atoms with Gasteiger partial charge in [0, 0.05) is 54.8 Å². The largest absolute Gasteiger partial charge is 0.406 e. The van der Waals surface area contributed by atoms with Crippen LogP contribution in [0.5, 0.6) is 0 Å². The number of benzene rings is 1. The Hall–Kier alpha value is -4.40. The summed E-state index contributed by atoms with van der Waals surface area (Å²) in [7, 11) is 0. The maximum Gasteiger partial charge on any atom is 0.406 e. The summed E-state index contributed by atoms with van der Waals surface area (Å²) in [5, 5.41) is 10.0. The number of amides is 1. The van der Waals surface area contributed by atoms with Crippen LogP contribution in [0, 0.1) is 11.8 Å². The van der Waals surface area contributed by atoms with E-state index in [9.17, 15) is 18.0 Å². The maximum atomic E-state index is 13.4. The number of pyridine rings is 2. The molecule has 1 fully saturated rings. The summed E-state index contributed by atoms with van der Waals surface area (Å²) >= 11 is 0. The van der Waals surface area contributed by atoms with Gasteiger partial charge in [-0.05, 0) is 66.8 Å². The lowest BCUT2D eigenvalue weighted by molar-refractivity contribution is -0.140.